The monoisotopic (exact) mass is 452 g/mol. The Morgan fingerprint density at radius 1 is 1.10 bits per heavy atom. The van der Waals surface area contributed by atoms with Crippen LogP contribution in [0.25, 0.3) is 11.1 Å². The highest BCUT2D eigenvalue weighted by molar-refractivity contribution is 7.98. The lowest BCUT2D eigenvalue weighted by Crippen LogP contribution is -2.56. The molecule has 0 spiro atoms. The molecule has 170 valence electrons. The highest BCUT2D eigenvalue weighted by atomic mass is 32.2. The Bertz CT molecular complexity index is 832. The number of benzene rings is 2. The van der Waals surface area contributed by atoms with E-state index in [-0.39, 0.29) is 25.3 Å². The van der Waals surface area contributed by atoms with Crippen molar-refractivity contribution in [2.45, 2.75) is 61.8 Å². The largest absolute Gasteiger partial charge is 0.396 e. The standard InChI is InChI=1S/C24H31F3N2OS/c1-28-22(23(29-31-21-10-11-21)24(26,27)12-2-3-13-30)15-17-6-4-7-18(14-17)19-8-5-9-20(25)16-19/h4-9,14,16,21-23,28-30H,2-3,10-13,15H2,1H3. The predicted molar refractivity (Wildman–Crippen MR) is 122 cm³/mol. The number of unbranched alkanes of at least 4 members (excludes halogenated alkanes) is 1. The van der Waals surface area contributed by atoms with Gasteiger partial charge >= 0.3 is 0 Å². The molecule has 7 heteroatoms. The average Bonchev–Trinajstić information content (AvgIpc) is 3.57. The number of hydrogen-bond acceptors (Lipinski definition) is 4. The van der Waals surface area contributed by atoms with Crippen molar-refractivity contribution in [3.8, 4) is 11.1 Å². The number of aliphatic hydroxyl groups is 1. The first-order valence-corrected chi connectivity index (χ1v) is 11.7. The molecule has 0 radical (unpaired) electrons. The normalized spacial score (nSPS) is 16.3. The molecule has 0 aromatic heterocycles. The molecule has 1 aliphatic rings. The van der Waals surface area contributed by atoms with Gasteiger partial charge in [0, 0.05) is 24.3 Å². The maximum Gasteiger partial charge on any atom is 0.265 e. The summed E-state index contributed by atoms with van der Waals surface area (Å²) in [5.41, 5.74) is 2.53. The SMILES string of the molecule is CNC(Cc1cccc(-c2cccc(F)c2)c1)C(NSC1CC1)C(F)(F)CCCCO. The topological polar surface area (TPSA) is 44.3 Å². The van der Waals surface area contributed by atoms with Gasteiger partial charge in [0.25, 0.3) is 5.92 Å². The molecule has 0 amide bonds. The number of rotatable bonds is 13. The molecule has 2 aromatic rings. The zero-order valence-corrected chi connectivity index (χ0v) is 18.6. The van der Waals surface area contributed by atoms with Gasteiger partial charge in [0.2, 0.25) is 0 Å². The lowest BCUT2D eigenvalue weighted by atomic mass is 9.91. The van der Waals surface area contributed by atoms with Crippen LogP contribution in [0.5, 0.6) is 0 Å². The Labute approximate surface area is 187 Å². The molecule has 3 N–H and O–H groups in total. The van der Waals surface area contributed by atoms with Crippen LogP contribution >= 0.6 is 11.9 Å². The van der Waals surface area contributed by atoms with Gasteiger partial charge in [-0.3, -0.25) is 4.72 Å². The lowest BCUT2D eigenvalue weighted by molar-refractivity contribution is -0.0497. The summed E-state index contributed by atoms with van der Waals surface area (Å²) in [7, 11) is 1.71. The van der Waals surface area contributed by atoms with Crippen LogP contribution in [0.4, 0.5) is 13.2 Å². The van der Waals surface area contributed by atoms with Crippen LogP contribution in [0, 0.1) is 5.82 Å². The number of hydrogen-bond donors (Lipinski definition) is 3. The van der Waals surface area contributed by atoms with Crippen molar-refractivity contribution in [2.75, 3.05) is 13.7 Å². The van der Waals surface area contributed by atoms with Crippen LogP contribution in [0.3, 0.4) is 0 Å². The zero-order chi connectivity index (χ0) is 22.3. The Kier molecular flexibility index (Phi) is 8.84. The van der Waals surface area contributed by atoms with E-state index < -0.39 is 18.0 Å². The average molecular weight is 453 g/mol. The second-order valence-corrected chi connectivity index (χ2v) is 9.30. The van der Waals surface area contributed by atoms with Gasteiger partial charge in [0.05, 0.1) is 6.04 Å². The van der Waals surface area contributed by atoms with Gasteiger partial charge in [0.1, 0.15) is 5.82 Å². The van der Waals surface area contributed by atoms with Gasteiger partial charge in [-0.25, -0.2) is 13.2 Å². The molecule has 0 bridgehead atoms. The summed E-state index contributed by atoms with van der Waals surface area (Å²) in [5, 5.41) is 12.5. The summed E-state index contributed by atoms with van der Waals surface area (Å²) < 4.78 is 47.0. The molecule has 2 aromatic carbocycles. The molecule has 31 heavy (non-hydrogen) atoms. The van der Waals surface area contributed by atoms with E-state index in [2.05, 4.69) is 10.0 Å². The summed E-state index contributed by atoms with van der Waals surface area (Å²) in [5.74, 6) is -3.22. The molecular weight excluding hydrogens is 421 g/mol. The van der Waals surface area contributed by atoms with Crippen molar-refractivity contribution in [1.29, 1.82) is 0 Å². The minimum atomic E-state index is -2.91. The van der Waals surface area contributed by atoms with E-state index in [1.807, 2.05) is 30.3 Å². The number of nitrogens with one attached hydrogen (secondary N) is 2. The van der Waals surface area contributed by atoms with Crippen molar-refractivity contribution in [3.63, 3.8) is 0 Å². The maximum atomic E-state index is 15.2. The number of aliphatic hydroxyl groups excluding tert-OH is 1. The van der Waals surface area contributed by atoms with Crippen LogP contribution in [0.1, 0.15) is 37.7 Å². The van der Waals surface area contributed by atoms with Crippen LogP contribution in [-0.2, 0) is 6.42 Å². The van der Waals surface area contributed by atoms with Crippen molar-refractivity contribution in [1.82, 2.24) is 10.0 Å². The van der Waals surface area contributed by atoms with E-state index >= 15 is 8.78 Å². The van der Waals surface area contributed by atoms with E-state index in [1.54, 1.807) is 13.1 Å². The molecule has 2 atom stereocenters. The predicted octanol–water partition coefficient (Wildman–Crippen LogP) is 5.19. The first-order valence-electron chi connectivity index (χ1n) is 10.8. The van der Waals surface area contributed by atoms with Gasteiger partial charge in [-0.05, 0) is 68.0 Å². The minimum absolute atomic E-state index is 0.0761. The molecule has 3 nitrogen and oxygen atoms in total. The highest BCUT2D eigenvalue weighted by Crippen LogP contribution is 2.36. The summed E-state index contributed by atoms with van der Waals surface area (Å²) in [6.07, 6.45) is 2.91. The van der Waals surface area contributed by atoms with E-state index in [0.29, 0.717) is 18.1 Å². The first kappa shape index (κ1) is 24.1. The molecule has 3 rings (SSSR count). The van der Waals surface area contributed by atoms with Gasteiger partial charge in [-0.1, -0.05) is 48.3 Å². The van der Waals surface area contributed by atoms with Crippen molar-refractivity contribution >= 4 is 11.9 Å². The van der Waals surface area contributed by atoms with E-state index in [1.165, 1.54) is 24.1 Å². The second-order valence-electron chi connectivity index (χ2n) is 8.16. The second kappa shape index (κ2) is 11.4. The smallest absolute Gasteiger partial charge is 0.265 e. The van der Waals surface area contributed by atoms with Crippen molar-refractivity contribution in [3.05, 3.63) is 59.9 Å². The fourth-order valence-corrected chi connectivity index (χ4v) is 4.68. The van der Waals surface area contributed by atoms with E-state index in [0.717, 1.165) is 29.5 Å². The molecule has 1 fully saturated rings. The Balaban J connectivity index is 1.77. The minimum Gasteiger partial charge on any atom is -0.396 e. The van der Waals surface area contributed by atoms with Gasteiger partial charge in [0.15, 0.2) is 0 Å². The summed E-state index contributed by atoms with van der Waals surface area (Å²) in [6, 6.07) is 12.5. The summed E-state index contributed by atoms with van der Waals surface area (Å²) >= 11 is 1.41. The van der Waals surface area contributed by atoms with Crippen LogP contribution < -0.4 is 10.0 Å². The van der Waals surface area contributed by atoms with E-state index in [9.17, 15) is 4.39 Å². The maximum absolute atomic E-state index is 15.2. The molecule has 1 saturated carbocycles. The van der Waals surface area contributed by atoms with Crippen LogP contribution in [0.15, 0.2) is 48.5 Å². The third kappa shape index (κ3) is 7.24. The van der Waals surface area contributed by atoms with E-state index in [4.69, 9.17) is 5.11 Å². The number of alkyl halides is 2. The van der Waals surface area contributed by atoms with Crippen molar-refractivity contribution in [2.24, 2.45) is 0 Å². The lowest BCUT2D eigenvalue weighted by Gasteiger charge is -2.34. The van der Waals surface area contributed by atoms with Gasteiger partial charge < -0.3 is 10.4 Å². The van der Waals surface area contributed by atoms with Gasteiger partial charge in [-0.2, -0.15) is 0 Å². The van der Waals surface area contributed by atoms with Crippen LogP contribution in [0.2, 0.25) is 0 Å². The third-order valence-electron chi connectivity index (χ3n) is 5.57. The Morgan fingerprint density at radius 2 is 1.81 bits per heavy atom. The van der Waals surface area contributed by atoms with Crippen LogP contribution in [-0.4, -0.2) is 42.0 Å². The zero-order valence-electron chi connectivity index (χ0n) is 17.8. The molecule has 0 aliphatic heterocycles. The summed E-state index contributed by atoms with van der Waals surface area (Å²) in [4.78, 5) is 0. The number of halogens is 3. The van der Waals surface area contributed by atoms with Gasteiger partial charge in [-0.15, -0.1) is 0 Å². The Morgan fingerprint density at radius 3 is 2.45 bits per heavy atom. The Hall–Kier alpha value is -1.54. The third-order valence-corrected chi connectivity index (χ3v) is 6.77. The molecular formula is C24H31F3N2OS. The molecule has 0 saturated heterocycles. The molecule has 0 heterocycles. The summed E-state index contributed by atoms with van der Waals surface area (Å²) in [6.45, 7) is -0.0761. The fourth-order valence-electron chi connectivity index (χ4n) is 3.63. The van der Waals surface area contributed by atoms with Crippen molar-refractivity contribution < 1.29 is 18.3 Å². The highest BCUT2D eigenvalue weighted by Gasteiger charge is 2.44. The number of likely N-dealkylation sites (N-methyl/N-ethyl adjacent to an activating group) is 1. The molecule has 1 aliphatic carbocycles. The molecule has 2 unspecified atom stereocenters. The first-order chi connectivity index (χ1) is 14.9. The quantitative estimate of drug-likeness (QED) is 0.289. The fraction of sp³-hybridized carbons (Fsp3) is 0.500.